The molecule has 0 amide bonds. The van der Waals surface area contributed by atoms with Crippen molar-refractivity contribution in [1.29, 1.82) is 0 Å². The maximum Gasteiger partial charge on any atom is -0.0354 e. The van der Waals surface area contributed by atoms with E-state index in [0.29, 0.717) is 5.41 Å². The predicted molar refractivity (Wildman–Crippen MR) is 62.0 cm³/mol. The number of hydrogen-bond donors (Lipinski definition) is 0. The summed E-state index contributed by atoms with van der Waals surface area (Å²) in [6.07, 6.45) is 8.41. The Morgan fingerprint density at radius 2 is 1.54 bits per heavy atom. The number of unbranched alkanes of at least 4 members (excludes halogenated alkanes) is 3. The summed E-state index contributed by atoms with van der Waals surface area (Å²) in [4.78, 5) is 0. The lowest BCUT2D eigenvalue weighted by Gasteiger charge is -2.29. The van der Waals surface area contributed by atoms with Crippen LogP contribution in [0.4, 0.5) is 0 Å². The molecule has 0 aliphatic rings. The van der Waals surface area contributed by atoms with Gasteiger partial charge in [0.25, 0.3) is 0 Å². The Bertz CT molecular complexity index is 108. The minimum atomic E-state index is 0.515. The second-order valence-electron chi connectivity index (χ2n) is 5.32. The Balaban J connectivity index is 3.61. The fraction of sp³-hybridized carbons (Fsp3) is 1.00. The third-order valence-electron chi connectivity index (χ3n) is 3.12. The number of rotatable bonds is 6. The molecule has 0 spiro atoms. The van der Waals surface area contributed by atoms with Crippen LogP contribution in [0.1, 0.15) is 73.1 Å². The van der Waals surface area contributed by atoms with Crippen molar-refractivity contribution < 1.29 is 0 Å². The van der Waals surface area contributed by atoms with Crippen molar-refractivity contribution in [1.82, 2.24) is 0 Å². The van der Waals surface area contributed by atoms with Crippen molar-refractivity contribution in [3.05, 3.63) is 0 Å². The van der Waals surface area contributed by atoms with Gasteiger partial charge < -0.3 is 0 Å². The van der Waals surface area contributed by atoms with Crippen molar-refractivity contribution in [2.45, 2.75) is 73.1 Å². The topological polar surface area (TPSA) is 0 Å². The molecule has 0 aliphatic heterocycles. The molecular formula is C13H28. The zero-order chi connectivity index (χ0) is 10.3. The van der Waals surface area contributed by atoms with Crippen molar-refractivity contribution in [2.75, 3.05) is 0 Å². The molecule has 0 aliphatic carbocycles. The van der Waals surface area contributed by atoms with E-state index in [9.17, 15) is 0 Å². The Morgan fingerprint density at radius 3 is 1.92 bits per heavy atom. The van der Waals surface area contributed by atoms with Gasteiger partial charge in [0.15, 0.2) is 0 Å². The fourth-order valence-electron chi connectivity index (χ4n) is 2.07. The fourth-order valence-corrected chi connectivity index (χ4v) is 2.07. The molecule has 0 rings (SSSR count). The molecule has 1 atom stereocenters. The minimum absolute atomic E-state index is 0.515. The van der Waals surface area contributed by atoms with E-state index in [2.05, 4.69) is 34.6 Å². The van der Waals surface area contributed by atoms with Crippen molar-refractivity contribution in [2.24, 2.45) is 11.3 Å². The second kappa shape index (κ2) is 6.45. The van der Waals surface area contributed by atoms with Crippen LogP contribution in [0.25, 0.3) is 0 Å². The summed E-state index contributed by atoms with van der Waals surface area (Å²) in [7, 11) is 0. The third-order valence-corrected chi connectivity index (χ3v) is 3.12. The summed E-state index contributed by atoms with van der Waals surface area (Å²) in [6.45, 7) is 11.7. The van der Waals surface area contributed by atoms with Crippen LogP contribution in [0, 0.1) is 11.3 Å². The van der Waals surface area contributed by atoms with Gasteiger partial charge >= 0.3 is 0 Å². The Labute approximate surface area is 85.1 Å². The first-order valence-electron chi connectivity index (χ1n) is 6.02. The predicted octanol–water partition coefficient (Wildman–Crippen LogP) is 5.03. The molecule has 0 saturated heterocycles. The molecular weight excluding hydrogens is 156 g/mol. The lowest BCUT2D eigenvalue weighted by atomic mass is 9.76. The van der Waals surface area contributed by atoms with Crippen LogP contribution >= 0.6 is 0 Å². The van der Waals surface area contributed by atoms with Gasteiger partial charge in [0, 0.05) is 0 Å². The van der Waals surface area contributed by atoms with Crippen LogP contribution in [0.15, 0.2) is 0 Å². The summed E-state index contributed by atoms with van der Waals surface area (Å²) in [6, 6.07) is 0. The summed E-state index contributed by atoms with van der Waals surface area (Å²) in [5, 5.41) is 0. The van der Waals surface area contributed by atoms with E-state index >= 15 is 0 Å². The lowest BCUT2D eigenvalue weighted by Crippen LogP contribution is -2.19. The van der Waals surface area contributed by atoms with Gasteiger partial charge in [0.2, 0.25) is 0 Å². The van der Waals surface area contributed by atoms with Gasteiger partial charge in [0.05, 0.1) is 0 Å². The van der Waals surface area contributed by atoms with Gasteiger partial charge in [-0.1, -0.05) is 66.7 Å². The average Bonchev–Trinajstić information content (AvgIpc) is 2.02. The molecule has 0 aromatic carbocycles. The van der Waals surface area contributed by atoms with E-state index in [4.69, 9.17) is 0 Å². The van der Waals surface area contributed by atoms with E-state index in [-0.39, 0.29) is 0 Å². The van der Waals surface area contributed by atoms with Gasteiger partial charge in [-0.2, -0.15) is 0 Å². The summed E-state index contributed by atoms with van der Waals surface area (Å²) in [5.41, 5.74) is 0.515. The summed E-state index contributed by atoms with van der Waals surface area (Å²) in [5.74, 6) is 0.921. The monoisotopic (exact) mass is 184 g/mol. The van der Waals surface area contributed by atoms with E-state index in [1.54, 1.807) is 0 Å². The summed E-state index contributed by atoms with van der Waals surface area (Å²) < 4.78 is 0. The van der Waals surface area contributed by atoms with E-state index in [0.717, 1.165) is 5.92 Å². The third kappa shape index (κ3) is 6.12. The molecule has 0 N–H and O–H groups in total. The highest BCUT2D eigenvalue weighted by Gasteiger charge is 2.21. The highest BCUT2D eigenvalue weighted by Crippen LogP contribution is 2.32. The van der Waals surface area contributed by atoms with Crippen molar-refractivity contribution >= 4 is 0 Å². The first-order valence-corrected chi connectivity index (χ1v) is 6.02. The molecule has 80 valence electrons. The van der Waals surface area contributed by atoms with Crippen LogP contribution in [-0.4, -0.2) is 0 Å². The Hall–Kier alpha value is 0. The molecule has 0 aromatic rings. The van der Waals surface area contributed by atoms with Crippen LogP contribution in [0.2, 0.25) is 0 Å². The molecule has 13 heavy (non-hydrogen) atoms. The zero-order valence-electron chi connectivity index (χ0n) is 10.3. The standard InChI is InChI=1S/C13H28/c1-6-8-9-10-11-12(7-2)13(3,4)5/h12H,6-11H2,1-5H3. The molecule has 0 nitrogen and oxygen atoms in total. The van der Waals surface area contributed by atoms with Gasteiger partial charge in [-0.3, -0.25) is 0 Å². The molecule has 0 heterocycles. The highest BCUT2D eigenvalue weighted by molar-refractivity contribution is 4.72. The average molecular weight is 184 g/mol. The quantitative estimate of drug-likeness (QED) is 0.508. The van der Waals surface area contributed by atoms with E-state index in [1.165, 1.54) is 38.5 Å². The molecule has 0 heteroatoms. The largest absolute Gasteiger partial charge is 0.0654 e. The normalized spacial score (nSPS) is 14.5. The van der Waals surface area contributed by atoms with Gasteiger partial charge in [0.1, 0.15) is 0 Å². The Morgan fingerprint density at radius 1 is 0.923 bits per heavy atom. The van der Waals surface area contributed by atoms with Gasteiger partial charge in [-0.15, -0.1) is 0 Å². The number of hydrogen-bond acceptors (Lipinski definition) is 0. The maximum absolute atomic E-state index is 2.38. The van der Waals surface area contributed by atoms with Gasteiger partial charge in [-0.25, -0.2) is 0 Å². The molecule has 1 unspecified atom stereocenters. The van der Waals surface area contributed by atoms with Crippen LogP contribution in [0.3, 0.4) is 0 Å². The van der Waals surface area contributed by atoms with Crippen molar-refractivity contribution in [3.8, 4) is 0 Å². The Kier molecular flexibility index (Phi) is 6.45. The first kappa shape index (κ1) is 13.0. The maximum atomic E-state index is 2.38. The molecule has 0 radical (unpaired) electrons. The summed E-state index contributed by atoms with van der Waals surface area (Å²) >= 11 is 0. The molecule has 0 saturated carbocycles. The highest BCUT2D eigenvalue weighted by atomic mass is 14.3. The van der Waals surface area contributed by atoms with E-state index in [1.807, 2.05) is 0 Å². The van der Waals surface area contributed by atoms with Crippen LogP contribution in [0.5, 0.6) is 0 Å². The SMILES string of the molecule is CCCCCCC(CC)C(C)(C)C. The smallest absolute Gasteiger partial charge is 0.0354 e. The van der Waals surface area contributed by atoms with E-state index < -0.39 is 0 Å². The van der Waals surface area contributed by atoms with Gasteiger partial charge in [-0.05, 0) is 17.8 Å². The second-order valence-corrected chi connectivity index (χ2v) is 5.32. The minimum Gasteiger partial charge on any atom is -0.0654 e. The van der Waals surface area contributed by atoms with Crippen LogP contribution < -0.4 is 0 Å². The van der Waals surface area contributed by atoms with Crippen molar-refractivity contribution in [3.63, 3.8) is 0 Å². The zero-order valence-corrected chi connectivity index (χ0v) is 10.3. The molecule has 0 bridgehead atoms. The first-order chi connectivity index (χ1) is 6.02. The van der Waals surface area contributed by atoms with Crippen LogP contribution in [-0.2, 0) is 0 Å². The lowest BCUT2D eigenvalue weighted by molar-refractivity contribution is 0.213. The molecule has 0 fully saturated rings. The molecule has 0 aromatic heterocycles.